The normalized spacial score (nSPS) is 13.4. The van der Waals surface area contributed by atoms with E-state index in [1.807, 2.05) is 18.2 Å². The van der Waals surface area contributed by atoms with E-state index in [2.05, 4.69) is 0 Å². The molecule has 0 saturated heterocycles. The molecule has 0 bridgehead atoms. The number of aliphatic hydroxyl groups excluding tert-OH is 1. The lowest BCUT2D eigenvalue weighted by atomic mass is 10.0. The van der Waals surface area contributed by atoms with Crippen LogP contribution in [0.4, 0.5) is 5.69 Å². The van der Waals surface area contributed by atoms with Gasteiger partial charge < -0.3 is 10.0 Å². The van der Waals surface area contributed by atoms with Gasteiger partial charge in [0.15, 0.2) is 0 Å². The van der Waals surface area contributed by atoms with Crippen LogP contribution in [-0.4, -0.2) is 33.9 Å². The summed E-state index contributed by atoms with van der Waals surface area (Å²) in [6.45, 7) is 1.76. The van der Waals surface area contributed by atoms with Gasteiger partial charge in [-0.05, 0) is 24.1 Å². The first-order valence-electron chi connectivity index (χ1n) is 7.82. The summed E-state index contributed by atoms with van der Waals surface area (Å²) in [5, 5.41) is 21.2. The van der Waals surface area contributed by atoms with Crippen molar-refractivity contribution in [2.45, 2.75) is 19.1 Å². The third-order valence-electron chi connectivity index (χ3n) is 4.06. The number of likely N-dealkylation sites (N-methyl/N-ethyl adjacent to an activating group) is 1. The molecule has 0 aromatic heterocycles. The molecule has 130 valence electrons. The average Bonchev–Trinajstić information content (AvgIpc) is 2.65. The van der Waals surface area contributed by atoms with E-state index in [-0.39, 0.29) is 11.6 Å². The number of non-ortho nitro benzene ring substituents is 1. The smallest absolute Gasteiger partial charge is 0.270 e. The predicted octanol–water partition coefficient (Wildman–Crippen LogP) is 3.19. The lowest BCUT2D eigenvalue weighted by Gasteiger charge is -2.28. The lowest BCUT2D eigenvalue weighted by molar-refractivity contribution is -0.384. The maximum atomic E-state index is 12.3. The summed E-state index contributed by atoms with van der Waals surface area (Å²) in [6, 6.07) is 14.7. The second kappa shape index (κ2) is 8.21. The van der Waals surface area contributed by atoms with E-state index in [0.29, 0.717) is 5.56 Å². The Balaban J connectivity index is 2.06. The Morgan fingerprint density at radius 1 is 1.20 bits per heavy atom. The zero-order chi connectivity index (χ0) is 18.4. The van der Waals surface area contributed by atoms with Crippen LogP contribution in [0, 0.1) is 10.1 Å². The first-order valence-corrected chi connectivity index (χ1v) is 7.82. The van der Waals surface area contributed by atoms with Crippen LogP contribution in [0.3, 0.4) is 0 Å². The highest BCUT2D eigenvalue weighted by molar-refractivity contribution is 5.91. The number of carbonyl (C=O) groups is 1. The molecule has 25 heavy (non-hydrogen) atoms. The largest absolute Gasteiger partial charge is 0.386 e. The van der Waals surface area contributed by atoms with Gasteiger partial charge in [-0.1, -0.05) is 42.5 Å². The second-order valence-electron chi connectivity index (χ2n) is 5.73. The Labute approximate surface area is 146 Å². The predicted molar refractivity (Wildman–Crippen MR) is 95.8 cm³/mol. The number of hydrogen-bond acceptors (Lipinski definition) is 4. The summed E-state index contributed by atoms with van der Waals surface area (Å²) in [5.41, 5.74) is 1.26. The number of hydrogen-bond donors (Lipinski definition) is 1. The van der Waals surface area contributed by atoms with E-state index < -0.39 is 17.1 Å². The lowest BCUT2D eigenvalue weighted by Crippen LogP contribution is -2.38. The van der Waals surface area contributed by atoms with Gasteiger partial charge in [0.25, 0.3) is 5.69 Å². The van der Waals surface area contributed by atoms with Crippen LogP contribution in [-0.2, 0) is 4.79 Å². The van der Waals surface area contributed by atoms with Crippen molar-refractivity contribution in [1.29, 1.82) is 0 Å². The van der Waals surface area contributed by atoms with Crippen LogP contribution in [0.15, 0.2) is 60.7 Å². The van der Waals surface area contributed by atoms with Gasteiger partial charge >= 0.3 is 0 Å². The average molecular weight is 340 g/mol. The molecule has 6 nitrogen and oxygen atoms in total. The molecule has 0 aliphatic heterocycles. The van der Waals surface area contributed by atoms with E-state index in [1.165, 1.54) is 29.2 Å². The monoisotopic (exact) mass is 340 g/mol. The van der Waals surface area contributed by atoms with Gasteiger partial charge in [-0.3, -0.25) is 14.9 Å². The SMILES string of the molecule is CC(C(O)c1ccccc1)N(C)C(=O)/C=C/c1cccc([N+](=O)[O-])c1. The van der Waals surface area contributed by atoms with Crippen LogP contribution in [0.25, 0.3) is 6.08 Å². The number of benzene rings is 2. The van der Waals surface area contributed by atoms with Crippen molar-refractivity contribution in [2.24, 2.45) is 0 Å². The molecule has 2 aromatic carbocycles. The van der Waals surface area contributed by atoms with Crippen molar-refractivity contribution >= 4 is 17.7 Å². The summed E-state index contributed by atoms with van der Waals surface area (Å²) in [7, 11) is 1.61. The van der Waals surface area contributed by atoms with Gasteiger partial charge in [0.05, 0.1) is 17.1 Å². The summed E-state index contributed by atoms with van der Waals surface area (Å²) in [4.78, 5) is 24.0. The fraction of sp³-hybridized carbons (Fsp3) is 0.211. The molecule has 2 rings (SSSR count). The first-order chi connectivity index (χ1) is 11.9. The Morgan fingerprint density at radius 3 is 2.52 bits per heavy atom. The van der Waals surface area contributed by atoms with Crippen LogP contribution >= 0.6 is 0 Å². The van der Waals surface area contributed by atoms with Crippen molar-refractivity contribution in [2.75, 3.05) is 7.05 Å². The van der Waals surface area contributed by atoms with Crippen molar-refractivity contribution in [3.05, 3.63) is 81.9 Å². The maximum Gasteiger partial charge on any atom is 0.270 e. The van der Waals surface area contributed by atoms with Crippen LogP contribution < -0.4 is 0 Å². The molecule has 0 heterocycles. The third-order valence-corrected chi connectivity index (χ3v) is 4.06. The standard InChI is InChI=1S/C19H20N2O4/c1-14(19(23)16-8-4-3-5-9-16)20(2)18(22)12-11-15-7-6-10-17(13-15)21(24)25/h3-14,19,23H,1-2H3/b12-11+. The molecule has 2 unspecified atom stereocenters. The van der Waals surface area contributed by atoms with Gasteiger partial charge in [0.2, 0.25) is 5.91 Å². The van der Waals surface area contributed by atoms with E-state index in [9.17, 15) is 20.0 Å². The molecule has 1 N–H and O–H groups in total. The van der Waals surface area contributed by atoms with Crippen LogP contribution in [0.5, 0.6) is 0 Å². The Hall–Kier alpha value is -2.99. The van der Waals surface area contributed by atoms with E-state index in [1.54, 1.807) is 38.2 Å². The molecule has 0 radical (unpaired) electrons. The molecule has 2 atom stereocenters. The zero-order valence-electron chi connectivity index (χ0n) is 14.1. The van der Waals surface area contributed by atoms with Gasteiger partial charge in [-0.15, -0.1) is 0 Å². The number of carbonyl (C=O) groups excluding carboxylic acids is 1. The van der Waals surface area contributed by atoms with E-state index in [4.69, 9.17) is 0 Å². The fourth-order valence-corrected chi connectivity index (χ4v) is 2.37. The molecule has 0 fully saturated rings. The highest BCUT2D eigenvalue weighted by Gasteiger charge is 2.22. The number of aliphatic hydroxyl groups is 1. The highest BCUT2D eigenvalue weighted by Crippen LogP contribution is 2.20. The van der Waals surface area contributed by atoms with Gasteiger partial charge in [-0.2, -0.15) is 0 Å². The van der Waals surface area contributed by atoms with Crippen molar-refractivity contribution in [3.63, 3.8) is 0 Å². The molecule has 1 amide bonds. The van der Waals surface area contributed by atoms with E-state index >= 15 is 0 Å². The molecular weight excluding hydrogens is 320 g/mol. The number of amides is 1. The Bertz CT molecular complexity index is 774. The minimum absolute atomic E-state index is 0.0316. The van der Waals surface area contributed by atoms with E-state index in [0.717, 1.165) is 5.56 Å². The number of nitro groups is 1. The Kier molecular flexibility index (Phi) is 6.03. The topological polar surface area (TPSA) is 83.7 Å². The molecule has 0 aliphatic rings. The fourth-order valence-electron chi connectivity index (χ4n) is 2.37. The molecular formula is C19H20N2O4. The summed E-state index contributed by atoms with van der Waals surface area (Å²) in [6.07, 6.45) is 2.06. The summed E-state index contributed by atoms with van der Waals surface area (Å²) in [5.74, 6) is -0.297. The molecule has 0 aliphatic carbocycles. The minimum atomic E-state index is -0.804. The zero-order valence-corrected chi connectivity index (χ0v) is 14.1. The first kappa shape index (κ1) is 18.4. The minimum Gasteiger partial charge on any atom is -0.386 e. The van der Waals surface area contributed by atoms with Crippen molar-refractivity contribution in [1.82, 2.24) is 4.90 Å². The van der Waals surface area contributed by atoms with Crippen LogP contribution in [0.1, 0.15) is 24.2 Å². The summed E-state index contributed by atoms with van der Waals surface area (Å²) >= 11 is 0. The molecule has 0 spiro atoms. The number of rotatable bonds is 6. The van der Waals surface area contributed by atoms with Crippen molar-refractivity contribution in [3.8, 4) is 0 Å². The van der Waals surface area contributed by atoms with Crippen LogP contribution in [0.2, 0.25) is 0 Å². The van der Waals surface area contributed by atoms with Crippen molar-refractivity contribution < 1.29 is 14.8 Å². The highest BCUT2D eigenvalue weighted by atomic mass is 16.6. The second-order valence-corrected chi connectivity index (χ2v) is 5.73. The molecule has 2 aromatic rings. The molecule has 0 saturated carbocycles. The number of nitrogens with zero attached hydrogens (tertiary/aromatic N) is 2. The van der Waals surface area contributed by atoms with Gasteiger partial charge in [0, 0.05) is 25.3 Å². The number of nitro benzene ring substituents is 1. The summed E-state index contributed by atoms with van der Waals surface area (Å²) < 4.78 is 0. The maximum absolute atomic E-state index is 12.3. The Morgan fingerprint density at radius 2 is 1.88 bits per heavy atom. The van der Waals surface area contributed by atoms with Gasteiger partial charge in [-0.25, -0.2) is 0 Å². The van der Waals surface area contributed by atoms with Gasteiger partial charge in [0.1, 0.15) is 0 Å². The molecule has 6 heteroatoms. The quantitative estimate of drug-likeness (QED) is 0.497. The third kappa shape index (κ3) is 4.74.